The fourth-order valence-corrected chi connectivity index (χ4v) is 0.894. The Kier molecular flexibility index (Phi) is 3.88. The molecule has 0 saturated carbocycles. The van der Waals surface area contributed by atoms with Crippen molar-refractivity contribution in [3.63, 3.8) is 0 Å². The van der Waals surface area contributed by atoms with E-state index in [9.17, 15) is 0 Å². The Bertz CT molecular complexity index is 262. The first kappa shape index (κ1) is 9.64. The molecule has 1 rings (SSSR count). The molecule has 0 bridgehead atoms. The summed E-state index contributed by atoms with van der Waals surface area (Å²) in [6.07, 6.45) is 5.28. The number of aromatic nitrogens is 2. The predicted octanol–water partition coefficient (Wildman–Crippen LogP) is 2.06. The van der Waals surface area contributed by atoms with Gasteiger partial charge in [-0.2, -0.15) is 5.10 Å². The molecule has 0 fully saturated rings. The maximum atomic E-state index is 4.17. The number of nitrogens with zero attached hydrogens (tertiary/aromatic N) is 3. The highest BCUT2D eigenvalue weighted by Gasteiger charge is 1.92. The summed E-state index contributed by atoms with van der Waals surface area (Å²) in [5.74, 6) is 0.543. The minimum atomic E-state index is 0.543. The number of rotatable bonds is 4. The first-order valence-electron chi connectivity index (χ1n) is 4.45. The molecule has 0 atom stereocenters. The lowest BCUT2D eigenvalue weighted by atomic mass is 10.2. The van der Waals surface area contributed by atoms with Crippen LogP contribution in [0.5, 0.6) is 0 Å². The summed E-state index contributed by atoms with van der Waals surface area (Å²) in [5.41, 5.74) is 3.93. The van der Waals surface area contributed by atoms with E-state index in [-0.39, 0.29) is 0 Å². The standard InChI is InChI=1S/C9H14N4/c1-3-8(4-2)12-13-9-10-6-5-7-11-9/h5-7H,3-4H2,1-2H3,(H,10,11,13). The van der Waals surface area contributed by atoms with Crippen LogP contribution in [0.15, 0.2) is 23.6 Å². The fourth-order valence-electron chi connectivity index (χ4n) is 0.894. The molecule has 70 valence electrons. The molecule has 0 radical (unpaired) electrons. The highest BCUT2D eigenvalue weighted by atomic mass is 15.3. The van der Waals surface area contributed by atoms with Crippen LogP contribution in [-0.4, -0.2) is 15.7 Å². The summed E-state index contributed by atoms with van der Waals surface area (Å²) in [7, 11) is 0. The van der Waals surface area contributed by atoms with E-state index in [1.807, 2.05) is 0 Å². The second-order valence-corrected chi connectivity index (χ2v) is 2.57. The molecule has 0 amide bonds. The van der Waals surface area contributed by atoms with Crippen molar-refractivity contribution in [1.82, 2.24) is 9.97 Å². The SMILES string of the molecule is CCC(CC)=NNc1ncccn1. The second-order valence-electron chi connectivity index (χ2n) is 2.57. The van der Waals surface area contributed by atoms with Gasteiger partial charge in [0, 0.05) is 18.1 Å². The van der Waals surface area contributed by atoms with E-state index in [1.54, 1.807) is 18.5 Å². The van der Waals surface area contributed by atoms with Gasteiger partial charge in [0.05, 0.1) is 0 Å². The predicted molar refractivity (Wildman–Crippen MR) is 53.7 cm³/mol. The number of hydrazone groups is 1. The van der Waals surface area contributed by atoms with Crippen LogP contribution in [0.1, 0.15) is 26.7 Å². The van der Waals surface area contributed by atoms with Crippen LogP contribution in [0.25, 0.3) is 0 Å². The quantitative estimate of drug-likeness (QED) is 0.567. The average molecular weight is 178 g/mol. The molecule has 0 spiro atoms. The van der Waals surface area contributed by atoms with Crippen molar-refractivity contribution in [2.24, 2.45) is 5.10 Å². The third-order valence-corrected chi connectivity index (χ3v) is 1.70. The zero-order valence-corrected chi connectivity index (χ0v) is 7.99. The van der Waals surface area contributed by atoms with E-state index in [0.717, 1.165) is 18.6 Å². The van der Waals surface area contributed by atoms with Gasteiger partial charge in [-0.05, 0) is 18.9 Å². The molecular weight excluding hydrogens is 164 g/mol. The van der Waals surface area contributed by atoms with Crippen LogP contribution in [0.2, 0.25) is 0 Å². The van der Waals surface area contributed by atoms with E-state index >= 15 is 0 Å². The maximum Gasteiger partial charge on any atom is 0.243 e. The molecule has 1 N–H and O–H groups in total. The Morgan fingerprint density at radius 1 is 1.31 bits per heavy atom. The van der Waals surface area contributed by atoms with Gasteiger partial charge in [0.1, 0.15) is 0 Å². The van der Waals surface area contributed by atoms with Crippen LogP contribution >= 0.6 is 0 Å². The smallest absolute Gasteiger partial charge is 0.243 e. The van der Waals surface area contributed by atoms with Crippen molar-refractivity contribution in [2.45, 2.75) is 26.7 Å². The van der Waals surface area contributed by atoms with Gasteiger partial charge in [0.15, 0.2) is 0 Å². The van der Waals surface area contributed by atoms with Gasteiger partial charge in [-0.15, -0.1) is 0 Å². The molecule has 4 nitrogen and oxygen atoms in total. The van der Waals surface area contributed by atoms with Gasteiger partial charge in [-0.1, -0.05) is 13.8 Å². The highest BCUT2D eigenvalue weighted by molar-refractivity contribution is 5.84. The van der Waals surface area contributed by atoms with Crippen LogP contribution < -0.4 is 5.43 Å². The third kappa shape index (κ3) is 3.19. The number of anilines is 1. The molecule has 1 heterocycles. The van der Waals surface area contributed by atoms with Gasteiger partial charge in [0.2, 0.25) is 5.95 Å². The van der Waals surface area contributed by atoms with Crippen LogP contribution in [-0.2, 0) is 0 Å². The summed E-state index contributed by atoms with van der Waals surface area (Å²) in [6.45, 7) is 4.16. The summed E-state index contributed by atoms with van der Waals surface area (Å²) >= 11 is 0. The molecule has 0 saturated heterocycles. The number of hydrogen-bond donors (Lipinski definition) is 1. The minimum absolute atomic E-state index is 0.543. The lowest BCUT2D eigenvalue weighted by Crippen LogP contribution is -2.01. The van der Waals surface area contributed by atoms with Crippen molar-refractivity contribution in [3.8, 4) is 0 Å². The molecule has 0 aliphatic heterocycles. The third-order valence-electron chi connectivity index (χ3n) is 1.70. The van der Waals surface area contributed by atoms with Gasteiger partial charge in [-0.3, -0.25) is 0 Å². The topological polar surface area (TPSA) is 50.2 Å². The Morgan fingerprint density at radius 3 is 2.46 bits per heavy atom. The van der Waals surface area contributed by atoms with Gasteiger partial charge in [-0.25, -0.2) is 15.4 Å². The molecule has 13 heavy (non-hydrogen) atoms. The van der Waals surface area contributed by atoms with E-state index in [2.05, 4.69) is 34.3 Å². The van der Waals surface area contributed by atoms with E-state index in [0.29, 0.717) is 5.95 Å². The molecule has 0 unspecified atom stereocenters. The first-order valence-corrected chi connectivity index (χ1v) is 4.45. The van der Waals surface area contributed by atoms with Crippen molar-refractivity contribution in [2.75, 3.05) is 5.43 Å². The Balaban J connectivity index is 2.55. The van der Waals surface area contributed by atoms with Gasteiger partial charge >= 0.3 is 0 Å². The molecule has 1 aromatic heterocycles. The lowest BCUT2D eigenvalue weighted by Gasteiger charge is -2.00. The average Bonchev–Trinajstić information content (AvgIpc) is 2.21. The maximum absolute atomic E-state index is 4.17. The largest absolute Gasteiger partial charge is 0.245 e. The monoisotopic (exact) mass is 178 g/mol. The zero-order chi connectivity index (χ0) is 9.52. The normalized spacial score (nSPS) is 9.38. The zero-order valence-electron chi connectivity index (χ0n) is 7.99. The van der Waals surface area contributed by atoms with E-state index in [1.165, 1.54) is 0 Å². The molecule has 4 heteroatoms. The number of nitrogens with one attached hydrogen (secondary N) is 1. The lowest BCUT2D eigenvalue weighted by molar-refractivity contribution is 1.08. The Hall–Kier alpha value is -1.45. The Morgan fingerprint density at radius 2 is 1.92 bits per heavy atom. The first-order chi connectivity index (χ1) is 6.36. The Labute approximate surface area is 78.1 Å². The molecular formula is C9H14N4. The summed E-state index contributed by atoms with van der Waals surface area (Å²) in [6, 6.07) is 1.77. The number of hydrogen-bond acceptors (Lipinski definition) is 4. The molecule has 0 aliphatic rings. The van der Waals surface area contributed by atoms with Crippen LogP contribution in [0.3, 0.4) is 0 Å². The molecule has 0 aliphatic carbocycles. The van der Waals surface area contributed by atoms with Crippen molar-refractivity contribution < 1.29 is 0 Å². The van der Waals surface area contributed by atoms with Gasteiger partial charge in [0.25, 0.3) is 0 Å². The minimum Gasteiger partial charge on any atom is -0.245 e. The second kappa shape index (κ2) is 5.24. The summed E-state index contributed by atoms with van der Waals surface area (Å²) in [5, 5.41) is 4.17. The van der Waals surface area contributed by atoms with Crippen molar-refractivity contribution in [1.29, 1.82) is 0 Å². The van der Waals surface area contributed by atoms with Gasteiger partial charge < -0.3 is 0 Å². The van der Waals surface area contributed by atoms with Crippen molar-refractivity contribution >= 4 is 11.7 Å². The van der Waals surface area contributed by atoms with Crippen molar-refractivity contribution in [3.05, 3.63) is 18.5 Å². The fraction of sp³-hybridized carbons (Fsp3) is 0.444. The van der Waals surface area contributed by atoms with E-state index < -0.39 is 0 Å². The van der Waals surface area contributed by atoms with E-state index in [4.69, 9.17) is 0 Å². The summed E-state index contributed by atoms with van der Waals surface area (Å²) in [4.78, 5) is 7.98. The molecule has 1 aromatic rings. The van der Waals surface area contributed by atoms with Crippen LogP contribution in [0.4, 0.5) is 5.95 Å². The molecule has 0 aromatic carbocycles. The highest BCUT2D eigenvalue weighted by Crippen LogP contribution is 1.96. The van der Waals surface area contributed by atoms with Crippen LogP contribution in [0, 0.1) is 0 Å². The summed E-state index contributed by atoms with van der Waals surface area (Å²) < 4.78 is 0.